The molecule has 0 aliphatic carbocycles. The second-order valence-corrected chi connectivity index (χ2v) is 2.84. The molecular formula is C8H8N2O3. The van der Waals surface area contributed by atoms with Crippen molar-refractivity contribution < 1.29 is 14.4 Å². The second-order valence-electron chi connectivity index (χ2n) is 2.84. The van der Waals surface area contributed by atoms with Crippen molar-refractivity contribution in [1.29, 1.82) is 0 Å². The SMILES string of the molecule is CC1=CC(N2C(=O)C=CC2=O)ON1. The Balaban J connectivity index is 2.18. The zero-order chi connectivity index (χ0) is 9.42. The van der Waals surface area contributed by atoms with Crippen LogP contribution in [0.2, 0.25) is 0 Å². The second kappa shape index (κ2) is 2.70. The minimum atomic E-state index is -0.616. The molecule has 0 radical (unpaired) electrons. The van der Waals surface area contributed by atoms with Crippen LogP contribution in [0.25, 0.3) is 0 Å². The summed E-state index contributed by atoms with van der Waals surface area (Å²) in [5.74, 6) is -0.689. The third-order valence-electron chi connectivity index (χ3n) is 1.83. The fourth-order valence-corrected chi connectivity index (χ4v) is 1.23. The standard InChI is InChI=1S/C8H8N2O3/c1-5-4-8(13-9-5)10-6(11)2-3-7(10)12/h2-4,8-9H,1H3. The van der Waals surface area contributed by atoms with Gasteiger partial charge in [-0.3, -0.25) is 15.1 Å². The Hall–Kier alpha value is -1.62. The van der Waals surface area contributed by atoms with E-state index >= 15 is 0 Å². The molecule has 13 heavy (non-hydrogen) atoms. The van der Waals surface area contributed by atoms with E-state index in [2.05, 4.69) is 5.48 Å². The summed E-state index contributed by atoms with van der Waals surface area (Å²) >= 11 is 0. The van der Waals surface area contributed by atoms with Gasteiger partial charge in [-0.05, 0) is 13.0 Å². The lowest BCUT2D eigenvalue weighted by Gasteiger charge is -2.18. The predicted molar refractivity (Wildman–Crippen MR) is 42.8 cm³/mol. The molecule has 0 fully saturated rings. The summed E-state index contributed by atoms with van der Waals surface area (Å²) in [7, 11) is 0. The molecule has 0 aromatic rings. The van der Waals surface area contributed by atoms with Crippen molar-refractivity contribution in [2.75, 3.05) is 0 Å². The first-order chi connectivity index (χ1) is 6.18. The monoisotopic (exact) mass is 180 g/mol. The Bertz CT molecular complexity index is 314. The van der Waals surface area contributed by atoms with Crippen LogP contribution in [-0.2, 0) is 14.4 Å². The number of imide groups is 1. The number of rotatable bonds is 1. The van der Waals surface area contributed by atoms with Gasteiger partial charge < -0.3 is 0 Å². The van der Waals surface area contributed by atoms with E-state index in [1.165, 1.54) is 12.2 Å². The average Bonchev–Trinajstić information content (AvgIpc) is 2.60. The first kappa shape index (κ1) is 8.00. The molecule has 2 amide bonds. The lowest BCUT2D eigenvalue weighted by molar-refractivity contribution is -0.150. The molecule has 2 aliphatic heterocycles. The van der Waals surface area contributed by atoms with Gasteiger partial charge in [0, 0.05) is 17.8 Å². The third-order valence-corrected chi connectivity index (χ3v) is 1.83. The molecule has 1 unspecified atom stereocenters. The van der Waals surface area contributed by atoms with Crippen LogP contribution in [-0.4, -0.2) is 22.9 Å². The van der Waals surface area contributed by atoms with Crippen molar-refractivity contribution in [3.63, 3.8) is 0 Å². The van der Waals surface area contributed by atoms with Gasteiger partial charge >= 0.3 is 0 Å². The van der Waals surface area contributed by atoms with Crippen molar-refractivity contribution >= 4 is 11.8 Å². The first-order valence-corrected chi connectivity index (χ1v) is 3.84. The van der Waals surface area contributed by atoms with Crippen LogP contribution in [0.15, 0.2) is 23.9 Å². The van der Waals surface area contributed by atoms with E-state index in [1.54, 1.807) is 13.0 Å². The van der Waals surface area contributed by atoms with Crippen LogP contribution in [0.1, 0.15) is 6.92 Å². The van der Waals surface area contributed by atoms with E-state index < -0.39 is 6.23 Å². The number of carbonyl (C=O) groups excluding carboxylic acids is 2. The highest BCUT2D eigenvalue weighted by molar-refractivity contribution is 6.13. The molecule has 68 valence electrons. The van der Waals surface area contributed by atoms with E-state index in [-0.39, 0.29) is 11.8 Å². The van der Waals surface area contributed by atoms with Crippen molar-refractivity contribution in [3.8, 4) is 0 Å². The van der Waals surface area contributed by atoms with Gasteiger partial charge in [-0.15, -0.1) is 0 Å². The molecule has 2 rings (SSSR count). The highest BCUT2D eigenvalue weighted by atomic mass is 16.7. The fourth-order valence-electron chi connectivity index (χ4n) is 1.23. The quantitative estimate of drug-likeness (QED) is 0.561. The highest BCUT2D eigenvalue weighted by Gasteiger charge is 2.33. The normalized spacial score (nSPS) is 26.7. The van der Waals surface area contributed by atoms with Crippen molar-refractivity contribution in [3.05, 3.63) is 23.9 Å². The van der Waals surface area contributed by atoms with E-state index in [0.717, 1.165) is 10.6 Å². The first-order valence-electron chi connectivity index (χ1n) is 3.84. The Labute approximate surface area is 74.6 Å². The fraction of sp³-hybridized carbons (Fsp3) is 0.250. The maximum absolute atomic E-state index is 11.2. The highest BCUT2D eigenvalue weighted by Crippen LogP contribution is 2.15. The van der Waals surface area contributed by atoms with Gasteiger partial charge in [0.05, 0.1) is 0 Å². The van der Waals surface area contributed by atoms with Gasteiger partial charge in [0.2, 0.25) is 0 Å². The molecule has 0 saturated carbocycles. The van der Waals surface area contributed by atoms with Gasteiger partial charge in [0.15, 0.2) is 6.23 Å². The zero-order valence-corrected chi connectivity index (χ0v) is 6.98. The minimum Gasteiger partial charge on any atom is -0.269 e. The molecular weight excluding hydrogens is 172 g/mol. The van der Waals surface area contributed by atoms with Crippen molar-refractivity contribution in [2.45, 2.75) is 13.2 Å². The molecule has 5 heteroatoms. The minimum absolute atomic E-state index is 0.345. The van der Waals surface area contributed by atoms with Gasteiger partial charge in [0.25, 0.3) is 11.8 Å². The molecule has 0 saturated heterocycles. The van der Waals surface area contributed by atoms with Gasteiger partial charge in [-0.1, -0.05) is 0 Å². The van der Waals surface area contributed by atoms with Crippen LogP contribution in [0.5, 0.6) is 0 Å². The van der Waals surface area contributed by atoms with Crippen LogP contribution in [0, 0.1) is 0 Å². The molecule has 0 bridgehead atoms. The van der Waals surface area contributed by atoms with E-state index in [1.807, 2.05) is 0 Å². The Morgan fingerprint density at radius 3 is 2.46 bits per heavy atom. The molecule has 5 nitrogen and oxygen atoms in total. The number of hydroxylamine groups is 1. The number of nitrogens with one attached hydrogen (secondary N) is 1. The van der Waals surface area contributed by atoms with Gasteiger partial charge in [-0.2, -0.15) is 0 Å². The van der Waals surface area contributed by atoms with E-state index in [0.29, 0.717) is 0 Å². The van der Waals surface area contributed by atoms with Crippen LogP contribution >= 0.6 is 0 Å². The summed E-state index contributed by atoms with van der Waals surface area (Å²) in [6.07, 6.45) is 3.51. The third kappa shape index (κ3) is 1.23. The van der Waals surface area contributed by atoms with E-state index in [4.69, 9.17) is 4.84 Å². The largest absolute Gasteiger partial charge is 0.269 e. The smallest absolute Gasteiger partial charge is 0.256 e. The number of carbonyl (C=O) groups is 2. The van der Waals surface area contributed by atoms with Crippen LogP contribution in [0.3, 0.4) is 0 Å². The topological polar surface area (TPSA) is 58.6 Å². The number of nitrogens with zero attached hydrogens (tertiary/aromatic N) is 1. The summed E-state index contributed by atoms with van der Waals surface area (Å²) in [6.45, 7) is 1.79. The molecule has 2 heterocycles. The number of hydrogen-bond donors (Lipinski definition) is 1. The molecule has 0 aromatic heterocycles. The number of amides is 2. The molecule has 0 spiro atoms. The maximum atomic E-state index is 11.2. The number of hydrogen-bond acceptors (Lipinski definition) is 4. The predicted octanol–water partition coefficient (Wildman–Crippen LogP) is -0.324. The van der Waals surface area contributed by atoms with Gasteiger partial charge in [-0.25, -0.2) is 9.74 Å². The van der Waals surface area contributed by atoms with Crippen molar-refractivity contribution in [1.82, 2.24) is 10.4 Å². The maximum Gasteiger partial charge on any atom is 0.256 e. The lowest BCUT2D eigenvalue weighted by Crippen LogP contribution is -2.40. The van der Waals surface area contributed by atoms with Crippen molar-refractivity contribution in [2.24, 2.45) is 0 Å². The summed E-state index contributed by atoms with van der Waals surface area (Å²) in [5.41, 5.74) is 3.36. The summed E-state index contributed by atoms with van der Waals surface area (Å²) in [6, 6.07) is 0. The molecule has 1 N–H and O–H groups in total. The van der Waals surface area contributed by atoms with Crippen LogP contribution < -0.4 is 5.48 Å². The van der Waals surface area contributed by atoms with Gasteiger partial charge in [0.1, 0.15) is 0 Å². The summed E-state index contributed by atoms with van der Waals surface area (Å²) < 4.78 is 0. The number of allylic oxidation sites excluding steroid dienone is 1. The Kier molecular flexibility index (Phi) is 1.66. The lowest BCUT2D eigenvalue weighted by atomic mass is 10.4. The average molecular weight is 180 g/mol. The molecule has 1 atom stereocenters. The summed E-state index contributed by atoms with van der Waals surface area (Å²) in [4.78, 5) is 28.4. The van der Waals surface area contributed by atoms with E-state index in [9.17, 15) is 9.59 Å². The summed E-state index contributed by atoms with van der Waals surface area (Å²) in [5, 5.41) is 0. The Morgan fingerprint density at radius 2 is 2.00 bits per heavy atom. The molecule has 0 aromatic carbocycles. The zero-order valence-electron chi connectivity index (χ0n) is 6.98. The molecule has 2 aliphatic rings. The van der Waals surface area contributed by atoms with Crippen LogP contribution in [0.4, 0.5) is 0 Å². The Morgan fingerprint density at radius 1 is 1.38 bits per heavy atom.